The fourth-order valence-corrected chi connectivity index (χ4v) is 8.06. The maximum absolute atomic E-state index is 13.4. The van der Waals surface area contributed by atoms with E-state index in [0.29, 0.717) is 23.6 Å². The molecule has 6 nitrogen and oxygen atoms in total. The number of likely N-dealkylation sites (N-methyl/N-ethyl adjacent to an activating group) is 1. The van der Waals surface area contributed by atoms with Gasteiger partial charge in [0, 0.05) is 30.2 Å². The van der Waals surface area contributed by atoms with E-state index in [4.69, 9.17) is 16.3 Å². The maximum atomic E-state index is 13.4. The number of piperidine rings is 1. The lowest BCUT2D eigenvalue weighted by atomic mass is 9.48. The van der Waals surface area contributed by atoms with Crippen molar-refractivity contribution in [3.63, 3.8) is 0 Å². The lowest BCUT2D eigenvalue weighted by Gasteiger charge is -2.64. The molecule has 7 rings (SSSR count). The predicted octanol–water partition coefficient (Wildman–Crippen LogP) is 4.10. The summed E-state index contributed by atoms with van der Waals surface area (Å²) in [5, 5.41) is 24.1. The molecule has 0 aromatic heterocycles. The van der Waals surface area contributed by atoms with E-state index in [1.165, 1.54) is 18.4 Å². The average molecular weight is 546 g/mol. The molecule has 2 aliphatic heterocycles. The highest BCUT2D eigenvalue weighted by molar-refractivity contribution is 6.30. The quantitative estimate of drug-likeness (QED) is 0.592. The van der Waals surface area contributed by atoms with E-state index < -0.39 is 11.0 Å². The van der Waals surface area contributed by atoms with Crippen LogP contribution in [0.3, 0.4) is 0 Å². The van der Waals surface area contributed by atoms with Gasteiger partial charge < -0.3 is 19.8 Å². The maximum Gasteiger partial charge on any atom is 0.227 e. The molecule has 0 unspecified atom stereocenters. The summed E-state index contributed by atoms with van der Waals surface area (Å²) in [7, 11) is 1.86. The Morgan fingerprint density at radius 2 is 1.92 bits per heavy atom. The normalized spacial score (nSPS) is 33.2. The lowest BCUT2D eigenvalue weighted by Crippen LogP contribution is -2.78. The Morgan fingerprint density at radius 3 is 2.65 bits per heavy atom. The molecule has 2 saturated carbocycles. The first-order valence-electron chi connectivity index (χ1n) is 13.3. The van der Waals surface area contributed by atoms with Crippen molar-refractivity contribution in [2.45, 2.75) is 74.1 Å². The van der Waals surface area contributed by atoms with Crippen LogP contribution in [0.15, 0.2) is 36.4 Å². The summed E-state index contributed by atoms with van der Waals surface area (Å²) in [4.78, 5) is 17.8. The number of hydrogen-bond donors (Lipinski definition) is 2. The molecule has 37 heavy (non-hydrogen) atoms. The van der Waals surface area contributed by atoms with Crippen LogP contribution in [0.4, 0.5) is 0 Å². The number of aromatic hydroxyl groups is 1. The van der Waals surface area contributed by atoms with Crippen molar-refractivity contribution in [3.8, 4) is 11.5 Å². The number of halogens is 2. The van der Waals surface area contributed by atoms with E-state index in [1.54, 1.807) is 6.07 Å². The highest BCUT2D eigenvalue weighted by atomic mass is 35.5. The zero-order chi connectivity index (χ0) is 24.8. The highest BCUT2D eigenvalue weighted by Crippen LogP contribution is 2.66. The molecule has 3 fully saturated rings. The number of rotatable bonds is 5. The second kappa shape index (κ2) is 8.77. The Labute approximate surface area is 229 Å². The van der Waals surface area contributed by atoms with E-state index in [0.717, 1.165) is 43.0 Å². The molecule has 0 radical (unpaired) electrons. The molecule has 1 amide bonds. The number of amides is 1. The summed E-state index contributed by atoms with van der Waals surface area (Å²) in [6, 6.07) is 11.0. The van der Waals surface area contributed by atoms with Gasteiger partial charge in [-0.1, -0.05) is 29.8 Å². The van der Waals surface area contributed by atoms with Crippen molar-refractivity contribution < 1.29 is 19.7 Å². The second-order valence-electron chi connectivity index (χ2n) is 11.7. The van der Waals surface area contributed by atoms with Gasteiger partial charge in [-0.25, -0.2) is 0 Å². The third-order valence-electron chi connectivity index (χ3n) is 9.89. The van der Waals surface area contributed by atoms with Crippen LogP contribution in [0, 0.1) is 5.92 Å². The summed E-state index contributed by atoms with van der Waals surface area (Å²) in [5.41, 5.74) is 1.55. The second-order valence-corrected chi connectivity index (χ2v) is 12.1. The summed E-state index contributed by atoms with van der Waals surface area (Å²) in [6.45, 7) is 1.96. The molecule has 2 bridgehead atoms. The number of carbonyl (C=O) groups excluding carboxylic acids is 1. The van der Waals surface area contributed by atoms with E-state index in [2.05, 4.69) is 4.90 Å². The van der Waals surface area contributed by atoms with Gasteiger partial charge in [-0.2, -0.15) is 0 Å². The molecule has 1 saturated heterocycles. The van der Waals surface area contributed by atoms with Crippen molar-refractivity contribution in [2.24, 2.45) is 5.92 Å². The third-order valence-corrected chi connectivity index (χ3v) is 10.1. The van der Waals surface area contributed by atoms with Crippen LogP contribution < -0.4 is 4.74 Å². The molecule has 8 heteroatoms. The van der Waals surface area contributed by atoms with E-state index in [9.17, 15) is 15.0 Å². The molecule has 5 atom stereocenters. The van der Waals surface area contributed by atoms with Crippen molar-refractivity contribution in [1.82, 2.24) is 9.80 Å². The standard InChI is InChI=1S/C29H33ClN2O4.ClH/c1-31(24(34)14-17-4-7-20(30)8-5-17)21-10-11-29(35)23-15-19-6-9-22(33)26-25(19)28(29,27(21)36-26)12-13-32(23)16-18-2-3-18;/h4-9,18,21,23,27,33,35H,2-3,10-16H2,1H3;1H/t21-,23-,27+,28+,29-;/m1./s1. The Kier molecular flexibility index (Phi) is 6.00. The van der Waals surface area contributed by atoms with Gasteiger partial charge in [0.15, 0.2) is 11.5 Å². The van der Waals surface area contributed by atoms with Gasteiger partial charge in [-0.15, -0.1) is 12.4 Å². The van der Waals surface area contributed by atoms with E-state index >= 15 is 0 Å². The number of aliphatic hydroxyl groups is 1. The van der Waals surface area contributed by atoms with Crippen LogP contribution in [0.5, 0.6) is 11.5 Å². The lowest BCUT2D eigenvalue weighted by molar-refractivity contribution is -0.200. The fraction of sp³-hybridized carbons (Fsp3) is 0.552. The molecule has 2 aromatic carbocycles. The smallest absolute Gasteiger partial charge is 0.227 e. The predicted molar refractivity (Wildman–Crippen MR) is 144 cm³/mol. The van der Waals surface area contributed by atoms with Crippen molar-refractivity contribution in [3.05, 3.63) is 58.1 Å². The van der Waals surface area contributed by atoms with E-state index in [-0.39, 0.29) is 48.7 Å². The van der Waals surface area contributed by atoms with Gasteiger partial charge in [0.05, 0.1) is 23.5 Å². The molecular formula is C29H34Cl2N2O4. The van der Waals surface area contributed by atoms with E-state index in [1.807, 2.05) is 42.3 Å². The molecule has 1 spiro atoms. The first-order chi connectivity index (χ1) is 17.3. The number of likely N-dealkylation sites (tertiary alicyclic amines) is 1. The molecular weight excluding hydrogens is 511 g/mol. The fourth-order valence-electron chi connectivity index (χ4n) is 7.94. The number of phenolic OH excluding ortho intramolecular Hbond substituents is 1. The van der Waals surface area contributed by atoms with Crippen LogP contribution in [0.25, 0.3) is 0 Å². The average Bonchev–Trinajstić information content (AvgIpc) is 3.60. The van der Waals surface area contributed by atoms with Crippen molar-refractivity contribution in [1.29, 1.82) is 0 Å². The SMILES string of the molecule is CN(C(=O)Cc1ccc(Cl)cc1)[C@@H]1CC[C@@]2(O)[C@H]3Cc4ccc(O)c5c4[C@@]2(CCN3CC2CC2)[C@H]1O5.Cl. The van der Waals surface area contributed by atoms with Crippen LogP contribution in [-0.2, 0) is 23.1 Å². The largest absolute Gasteiger partial charge is 0.504 e. The number of carbonyl (C=O) groups is 1. The first-order valence-corrected chi connectivity index (χ1v) is 13.7. The topological polar surface area (TPSA) is 73.2 Å². The molecule has 2 aromatic rings. The van der Waals surface area contributed by atoms with Crippen molar-refractivity contribution >= 4 is 29.9 Å². The van der Waals surface area contributed by atoms with Gasteiger partial charge in [0.1, 0.15) is 6.10 Å². The van der Waals surface area contributed by atoms with Gasteiger partial charge in [0.2, 0.25) is 5.91 Å². The summed E-state index contributed by atoms with van der Waals surface area (Å²) in [5.74, 6) is 1.43. The minimum absolute atomic E-state index is 0. The molecule has 3 aliphatic carbocycles. The van der Waals surface area contributed by atoms with Crippen LogP contribution in [0.2, 0.25) is 5.02 Å². The zero-order valence-electron chi connectivity index (χ0n) is 21.0. The Balaban J connectivity index is 0.00000252. The number of benzene rings is 2. The molecule has 2 N–H and O–H groups in total. The number of hydrogen-bond acceptors (Lipinski definition) is 5. The summed E-state index contributed by atoms with van der Waals surface area (Å²) in [6.07, 6.45) is 5.32. The first kappa shape index (κ1) is 25.3. The van der Waals surface area contributed by atoms with Crippen LogP contribution >= 0.6 is 24.0 Å². The number of phenols is 1. The monoisotopic (exact) mass is 544 g/mol. The van der Waals surface area contributed by atoms with Crippen LogP contribution in [-0.4, -0.2) is 69.8 Å². The Hall–Kier alpha value is -1.99. The minimum Gasteiger partial charge on any atom is -0.504 e. The van der Waals surface area contributed by atoms with Gasteiger partial charge in [0.25, 0.3) is 0 Å². The highest BCUT2D eigenvalue weighted by Gasteiger charge is 2.73. The molecule has 2 heterocycles. The zero-order valence-corrected chi connectivity index (χ0v) is 22.6. The van der Waals surface area contributed by atoms with Gasteiger partial charge in [-0.3, -0.25) is 9.69 Å². The van der Waals surface area contributed by atoms with Crippen molar-refractivity contribution in [2.75, 3.05) is 20.1 Å². The Morgan fingerprint density at radius 1 is 1.16 bits per heavy atom. The van der Waals surface area contributed by atoms with Gasteiger partial charge in [-0.05, 0) is 80.3 Å². The Bertz CT molecular complexity index is 1240. The summed E-state index contributed by atoms with van der Waals surface area (Å²) < 4.78 is 6.61. The number of nitrogens with zero attached hydrogens (tertiary/aromatic N) is 2. The van der Waals surface area contributed by atoms with Crippen LogP contribution in [0.1, 0.15) is 48.8 Å². The summed E-state index contributed by atoms with van der Waals surface area (Å²) >= 11 is 6.03. The third kappa shape index (κ3) is 3.55. The molecule has 5 aliphatic rings. The minimum atomic E-state index is -0.937. The molecule has 198 valence electrons. The number of ether oxygens (including phenoxy) is 1. The van der Waals surface area contributed by atoms with Gasteiger partial charge >= 0.3 is 0 Å².